The summed E-state index contributed by atoms with van der Waals surface area (Å²) in [4.78, 5) is 45.3. The first-order chi connectivity index (χ1) is 18.3. The molecule has 0 aliphatic carbocycles. The molecule has 7 atom stereocenters. The molecule has 38 heavy (non-hydrogen) atoms. The molecule has 2 bridgehead atoms. The van der Waals surface area contributed by atoms with Crippen LogP contribution in [0.5, 0.6) is 5.75 Å². The number of anilines is 1. The molecule has 3 fully saturated rings. The number of aliphatic hydroxyl groups is 1. The Hall–Kier alpha value is -2.78. The van der Waals surface area contributed by atoms with Crippen LogP contribution in [0.3, 0.4) is 0 Å². The van der Waals surface area contributed by atoms with Crippen LogP contribution in [0.15, 0.2) is 49.6 Å². The molecule has 9 heteroatoms. The molecule has 1 spiro atoms. The molecule has 8 nitrogen and oxygen atoms in total. The normalized spacial score (nSPS) is 30.1. The number of carbonyl (C=O) groups is 3. The van der Waals surface area contributed by atoms with E-state index in [9.17, 15) is 19.5 Å². The fraction of sp³-hybridized carbons (Fsp3) is 0.552. The van der Waals surface area contributed by atoms with Crippen LogP contribution in [0, 0.1) is 17.8 Å². The molecule has 0 saturated carbocycles. The third kappa shape index (κ3) is 4.43. The number of aliphatic hydroxyl groups excluding tert-OH is 1. The quantitative estimate of drug-likeness (QED) is 0.246. The Morgan fingerprint density at radius 3 is 2.58 bits per heavy atom. The largest absolute Gasteiger partial charge is 0.497 e. The van der Waals surface area contributed by atoms with Gasteiger partial charge in [-0.15, -0.1) is 24.9 Å². The van der Waals surface area contributed by atoms with Crippen molar-refractivity contribution >= 4 is 35.2 Å². The monoisotopic (exact) mass is 542 g/mol. The van der Waals surface area contributed by atoms with Gasteiger partial charge >= 0.3 is 5.97 Å². The van der Waals surface area contributed by atoms with Crippen LogP contribution in [0.2, 0.25) is 0 Å². The van der Waals surface area contributed by atoms with E-state index >= 15 is 0 Å². The molecule has 1 aromatic rings. The highest BCUT2D eigenvalue weighted by atomic mass is 32.2. The Bertz CT molecular complexity index is 1070. The van der Waals surface area contributed by atoms with Crippen molar-refractivity contribution in [2.24, 2.45) is 17.8 Å². The van der Waals surface area contributed by atoms with Gasteiger partial charge in [0.2, 0.25) is 5.91 Å². The average Bonchev–Trinajstić information content (AvgIpc) is 3.52. The van der Waals surface area contributed by atoms with Gasteiger partial charge in [0.05, 0.1) is 42.9 Å². The second kappa shape index (κ2) is 11.5. The molecular formula is C29H38N2O6S. The molecule has 4 rings (SSSR count). The number of likely N-dealkylation sites (tertiary alicyclic amines) is 1. The van der Waals surface area contributed by atoms with E-state index in [2.05, 4.69) is 20.1 Å². The fourth-order valence-corrected chi connectivity index (χ4v) is 8.90. The minimum absolute atomic E-state index is 0.0141. The van der Waals surface area contributed by atoms with Gasteiger partial charge in [0.1, 0.15) is 11.8 Å². The van der Waals surface area contributed by atoms with Crippen molar-refractivity contribution in [1.82, 2.24) is 4.90 Å². The van der Waals surface area contributed by atoms with Gasteiger partial charge in [-0.2, -0.15) is 0 Å². The summed E-state index contributed by atoms with van der Waals surface area (Å²) >= 11 is 1.59. The summed E-state index contributed by atoms with van der Waals surface area (Å²) in [6.45, 7) is 11.7. The molecule has 206 valence electrons. The van der Waals surface area contributed by atoms with Gasteiger partial charge in [-0.1, -0.05) is 26.0 Å². The zero-order valence-corrected chi connectivity index (χ0v) is 23.2. The number of esters is 1. The van der Waals surface area contributed by atoms with Crippen molar-refractivity contribution in [2.75, 3.05) is 31.8 Å². The SMILES string of the molecule is C=CCCOC(=O)[C@@H]1[C@@H]2CC(C)C3(S2)C(C(=O)N(CC=C)c2ccc(OC)cc2)N([C@@H](CC)CO)C(=O)[C@H]13. The first-order valence-corrected chi connectivity index (χ1v) is 14.1. The maximum Gasteiger partial charge on any atom is 0.310 e. The Morgan fingerprint density at radius 2 is 2.00 bits per heavy atom. The zero-order chi connectivity index (χ0) is 27.6. The highest BCUT2D eigenvalue weighted by molar-refractivity contribution is 8.02. The van der Waals surface area contributed by atoms with Gasteiger partial charge in [-0.25, -0.2) is 0 Å². The smallest absolute Gasteiger partial charge is 0.310 e. The first-order valence-electron chi connectivity index (χ1n) is 13.2. The van der Waals surface area contributed by atoms with Crippen molar-refractivity contribution in [3.8, 4) is 5.75 Å². The van der Waals surface area contributed by atoms with Gasteiger partial charge in [0.15, 0.2) is 0 Å². The number of amides is 2. The Balaban J connectivity index is 1.79. The van der Waals surface area contributed by atoms with Crippen molar-refractivity contribution in [2.45, 2.75) is 55.2 Å². The van der Waals surface area contributed by atoms with E-state index in [1.54, 1.807) is 53.0 Å². The number of benzene rings is 1. The zero-order valence-electron chi connectivity index (χ0n) is 22.4. The average molecular weight is 543 g/mol. The Morgan fingerprint density at radius 1 is 1.29 bits per heavy atom. The highest BCUT2D eigenvalue weighted by Gasteiger charge is 2.77. The maximum atomic E-state index is 14.6. The summed E-state index contributed by atoms with van der Waals surface area (Å²) in [5, 5.41) is 10.2. The molecule has 2 amide bonds. The third-order valence-electron chi connectivity index (χ3n) is 8.29. The number of hydrogen-bond donors (Lipinski definition) is 1. The summed E-state index contributed by atoms with van der Waals surface area (Å²) in [6, 6.07) is 5.81. The van der Waals surface area contributed by atoms with Crippen molar-refractivity contribution in [3.63, 3.8) is 0 Å². The van der Waals surface area contributed by atoms with Crippen LogP contribution in [-0.2, 0) is 19.1 Å². The van der Waals surface area contributed by atoms with E-state index in [0.717, 1.165) is 0 Å². The predicted octanol–water partition coefficient (Wildman–Crippen LogP) is 3.44. The highest BCUT2D eigenvalue weighted by Crippen LogP contribution is 2.69. The molecule has 3 unspecified atom stereocenters. The van der Waals surface area contributed by atoms with E-state index in [0.29, 0.717) is 30.7 Å². The summed E-state index contributed by atoms with van der Waals surface area (Å²) < 4.78 is 10.1. The lowest BCUT2D eigenvalue weighted by Crippen LogP contribution is -2.59. The molecule has 3 aliphatic rings. The van der Waals surface area contributed by atoms with Gasteiger partial charge in [-0.3, -0.25) is 14.4 Å². The fourth-order valence-electron chi connectivity index (χ4n) is 6.51. The van der Waals surface area contributed by atoms with Crippen molar-refractivity contribution in [3.05, 3.63) is 49.6 Å². The Labute approximate surface area is 229 Å². The first kappa shape index (κ1) is 28.2. The van der Waals surface area contributed by atoms with Crippen molar-refractivity contribution < 1.29 is 29.0 Å². The van der Waals surface area contributed by atoms with Crippen LogP contribution < -0.4 is 9.64 Å². The molecule has 1 N–H and O–H groups in total. The number of thioether (sulfide) groups is 1. The standard InChI is InChI=1S/C29H38N2O6S/c1-6-9-15-37-28(35)23-22-16-18(4)29(38-22)24(23)26(33)31(19(8-3)17-32)25(29)27(34)30(14-7-2)20-10-12-21(36-5)13-11-20/h6-7,10-13,18-19,22-25,32H,1-2,8-9,14-17H2,3-5H3/t18?,19-,22-,23+,24-,25?,29?/m0/s1. The molecule has 1 aromatic carbocycles. The van der Waals surface area contributed by atoms with Gasteiger partial charge in [0.25, 0.3) is 5.91 Å². The second-order valence-corrected chi connectivity index (χ2v) is 11.8. The lowest BCUT2D eigenvalue weighted by molar-refractivity contribution is -0.154. The number of methoxy groups -OCH3 is 1. The van der Waals surface area contributed by atoms with E-state index < -0.39 is 28.7 Å². The Kier molecular flexibility index (Phi) is 8.57. The van der Waals surface area contributed by atoms with E-state index in [-0.39, 0.29) is 48.7 Å². The van der Waals surface area contributed by atoms with Crippen molar-refractivity contribution in [1.29, 1.82) is 0 Å². The molecule has 3 aliphatic heterocycles. The molecule has 0 aromatic heterocycles. The summed E-state index contributed by atoms with van der Waals surface area (Å²) in [5.74, 6) is -1.51. The number of nitrogens with zero attached hydrogens (tertiary/aromatic N) is 2. The molecule has 3 heterocycles. The summed E-state index contributed by atoms with van der Waals surface area (Å²) in [5.41, 5.74) is 0.658. The molecule has 0 radical (unpaired) electrons. The maximum absolute atomic E-state index is 14.6. The third-order valence-corrected chi connectivity index (χ3v) is 10.4. The summed E-state index contributed by atoms with van der Waals surface area (Å²) in [6.07, 6.45) is 5.07. The van der Waals surface area contributed by atoms with Gasteiger partial charge in [0, 0.05) is 17.5 Å². The lowest BCUT2D eigenvalue weighted by Gasteiger charge is -2.42. The van der Waals surface area contributed by atoms with Crippen LogP contribution in [0.4, 0.5) is 5.69 Å². The number of carbonyl (C=O) groups excluding carboxylic acids is 3. The molecule has 3 saturated heterocycles. The topological polar surface area (TPSA) is 96.4 Å². The number of hydrogen-bond acceptors (Lipinski definition) is 7. The number of fused-ring (bicyclic) bond motifs is 1. The van der Waals surface area contributed by atoms with Crippen LogP contribution in [0.25, 0.3) is 0 Å². The van der Waals surface area contributed by atoms with Crippen LogP contribution in [0.1, 0.15) is 33.1 Å². The second-order valence-electron chi connectivity index (χ2n) is 10.2. The minimum Gasteiger partial charge on any atom is -0.497 e. The van der Waals surface area contributed by atoms with Crippen LogP contribution >= 0.6 is 11.8 Å². The number of rotatable bonds is 12. The van der Waals surface area contributed by atoms with Gasteiger partial charge in [-0.05, 0) is 49.4 Å². The lowest BCUT2D eigenvalue weighted by atomic mass is 9.66. The van der Waals surface area contributed by atoms with E-state index in [1.807, 2.05) is 19.1 Å². The van der Waals surface area contributed by atoms with Crippen LogP contribution in [-0.4, -0.2) is 76.7 Å². The predicted molar refractivity (Wildman–Crippen MR) is 148 cm³/mol. The summed E-state index contributed by atoms with van der Waals surface area (Å²) in [7, 11) is 1.58. The van der Waals surface area contributed by atoms with Gasteiger partial charge < -0.3 is 24.4 Å². The van der Waals surface area contributed by atoms with E-state index in [4.69, 9.17) is 9.47 Å². The number of ether oxygens (including phenoxy) is 2. The molecular weight excluding hydrogens is 504 g/mol. The minimum atomic E-state index is -0.838. The van der Waals surface area contributed by atoms with E-state index in [1.165, 1.54) is 0 Å².